The first-order valence-corrected chi connectivity index (χ1v) is 31.8. The number of hydrogen-bond donors (Lipinski definition) is 0. The second kappa shape index (κ2) is 14.6. The Morgan fingerprint density at radius 1 is 0.218 bits per heavy atom. The summed E-state index contributed by atoms with van der Waals surface area (Å²) in [5.41, 5.74) is 18.6. The predicted octanol–water partition coefficient (Wildman–Crippen LogP) is 16.1. The molecule has 78 heavy (non-hydrogen) atoms. The highest BCUT2D eigenvalue weighted by Crippen LogP contribution is 2.77. The highest BCUT2D eigenvalue weighted by molar-refractivity contribution is 8.27. The summed E-state index contributed by atoms with van der Waals surface area (Å²) in [6, 6.07) is 76.7. The van der Waals surface area contributed by atoms with Crippen molar-refractivity contribution in [1.29, 1.82) is 0 Å². The molecule has 2 atom stereocenters. The van der Waals surface area contributed by atoms with Crippen LogP contribution in [0.5, 0.6) is 23.0 Å². The summed E-state index contributed by atoms with van der Waals surface area (Å²) >= 11 is 16.1. The lowest BCUT2D eigenvalue weighted by molar-refractivity contribution is 0.477. The topological polar surface area (TPSA) is 37.9 Å². The van der Waals surface area contributed by atoms with Gasteiger partial charge in [-0.1, -0.05) is 133 Å². The van der Waals surface area contributed by atoms with Gasteiger partial charge in [-0.25, -0.2) is 0 Å². The van der Waals surface area contributed by atoms with Gasteiger partial charge in [0.2, 0.25) is 0 Å². The highest BCUT2D eigenvalue weighted by atomic mass is 32.4. The number of benzene rings is 11. The first kappa shape index (κ1) is 42.3. The molecule has 11 aromatic carbocycles. The molecule has 8 nitrogen and oxygen atoms in total. The van der Waals surface area contributed by atoms with E-state index in [4.69, 9.17) is 33.1 Å². The van der Waals surface area contributed by atoms with Crippen molar-refractivity contribution >= 4 is 170 Å². The van der Waals surface area contributed by atoms with E-state index in [1.165, 1.54) is 0 Å². The molecular formula is C66H38N6O2P2S2. The van der Waals surface area contributed by atoms with E-state index in [1.54, 1.807) is 0 Å². The van der Waals surface area contributed by atoms with Gasteiger partial charge in [-0.2, -0.15) is 0 Å². The van der Waals surface area contributed by atoms with Gasteiger partial charge < -0.3 is 38.9 Å². The van der Waals surface area contributed by atoms with Crippen molar-refractivity contribution in [3.63, 3.8) is 0 Å². The van der Waals surface area contributed by atoms with Gasteiger partial charge in [-0.3, -0.25) is 0 Å². The molecule has 0 fully saturated rings. The fraction of sp³-hybridized carbons (Fsp3) is 0. The fourth-order valence-corrected chi connectivity index (χ4v) is 24.8. The highest BCUT2D eigenvalue weighted by Gasteiger charge is 2.61. The van der Waals surface area contributed by atoms with Crippen molar-refractivity contribution in [3.8, 4) is 23.0 Å². The molecule has 0 N–H and O–H groups in total. The van der Waals surface area contributed by atoms with Crippen molar-refractivity contribution in [2.45, 2.75) is 0 Å². The number of ether oxygens (including phenoxy) is 2. The van der Waals surface area contributed by atoms with Crippen LogP contribution in [0.1, 0.15) is 0 Å². The van der Waals surface area contributed by atoms with E-state index in [0.29, 0.717) is 0 Å². The van der Waals surface area contributed by atoms with Crippen molar-refractivity contribution < 1.29 is 9.47 Å². The zero-order valence-corrected chi connectivity index (χ0v) is 44.6. The van der Waals surface area contributed by atoms with Gasteiger partial charge in [0, 0.05) is 54.6 Å². The van der Waals surface area contributed by atoms with Crippen LogP contribution in [0.25, 0.3) is 0 Å². The minimum absolute atomic E-state index is 0.790. The average molecular weight is 1070 g/mol. The molecule has 8 heterocycles. The van der Waals surface area contributed by atoms with Crippen LogP contribution < -0.4 is 70.7 Å². The molecule has 0 amide bonds. The number of hydrogen-bond acceptors (Lipinski definition) is 10. The molecule has 19 rings (SSSR count). The molecule has 12 heteroatoms. The van der Waals surface area contributed by atoms with Crippen LogP contribution in [0.15, 0.2) is 231 Å². The van der Waals surface area contributed by atoms with Crippen molar-refractivity contribution in [2.24, 2.45) is 0 Å². The lowest BCUT2D eigenvalue weighted by Crippen LogP contribution is -2.53. The van der Waals surface area contributed by atoms with E-state index in [0.717, 1.165) is 157 Å². The van der Waals surface area contributed by atoms with E-state index in [1.807, 2.05) is 0 Å². The Kier molecular flexibility index (Phi) is 7.89. The summed E-state index contributed by atoms with van der Waals surface area (Å²) in [7, 11) is 0. The van der Waals surface area contributed by atoms with Crippen LogP contribution in [0.3, 0.4) is 0 Å². The molecule has 0 aliphatic carbocycles. The van der Waals surface area contributed by atoms with Gasteiger partial charge in [-0.15, -0.1) is 0 Å². The minimum atomic E-state index is -3.19. The third kappa shape index (κ3) is 4.81. The number of para-hydroxylation sites is 8. The summed E-state index contributed by atoms with van der Waals surface area (Å²) in [5.74, 6) is 3.19. The van der Waals surface area contributed by atoms with E-state index in [-0.39, 0.29) is 0 Å². The van der Waals surface area contributed by atoms with Gasteiger partial charge in [0.15, 0.2) is 23.0 Å². The van der Waals surface area contributed by atoms with E-state index in [9.17, 15) is 0 Å². The van der Waals surface area contributed by atoms with Gasteiger partial charge in [0.1, 0.15) is 11.4 Å². The second-order valence-corrected chi connectivity index (χ2v) is 29.1. The number of anilines is 18. The summed E-state index contributed by atoms with van der Waals surface area (Å²) in [5, 5.41) is 6.81. The van der Waals surface area contributed by atoms with Crippen molar-refractivity contribution in [3.05, 3.63) is 231 Å². The van der Waals surface area contributed by atoms with Crippen LogP contribution in [0.2, 0.25) is 0 Å². The standard InChI is InChI=1S/C66H38N6O2P2S2/c77-75-61-45-29-17-31-47(61)71-43-27-13-15-33-51(43)73-53-38-36-50(63(75)55(53)71)70(42-25-11-4-12-26-42)60-58-66-59(57(65(60)75)67(45)39-19-5-1-6-20-39)69(41-23-9-3-10-24-41)49-35-37-54-56-64(49)76(66,78)62-46(68(58)40-21-7-2-8-22-40)30-18-32-48(62)72(56)44-28-14-16-34-52(44)74-54/h1-38H. The molecule has 8 aliphatic rings. The summed E-state index contributed by atoms with van der Waals surface area (Å²) in [4.78, 5) is 15.1. The maximum absolute atomic E-state index is 8.05. The lowest BCUT2D eigenvalue weighted by Gasteiger charge is -2.58. The number of fused-ring (bicyclic) bond motifs is 8. The van der Waals surface area contributed by atoms with E-state index >= 15 is 0 Å². The average Bonchev–Trinajstić information content (AvgIpc) is 1.42. The monoisotopic (exact) mass is 1070 g/mol. The Bertz CT molecular complexity index is 4380. The zero-order chi connectivity index (χ0) is 50.9. The van der Waals surface area contributed by atoms with E-state index < -0.39 is 12.1 Å². The molecule has 0 radical (unpaired) electrons. The van der Waals surface area contributed by atoms with Crippen LogP contribution in [-0.4, -0.2) is 0 Å². The Balaban J connectivity index is 1.09. The SMILES string of the molecule is S=P12c3c4cccc3N3c5ccccc5Oc5ccc(c1c53)N(c1ccccc1)c1c3c5c(c(c12)N4c1ccccc1)N(c1ccccc1)c1ccc2c4c1P5(=S)c1c(cccc1N4c1ccccc1O2)N3c1ccccc1. The van der Waals surface area contributed by atoms with Gasteiger partial charge in [-0.05, 0) is 121 Å². The summed E-state index contributed by atoms with van der Waals surface area (Å²) < 4.78 is 14.1. The van der Waals surface area contributed by atoms with Gasteiger partial charge >= 0.3 is 0 Å². The molecule has 0 spiro atoms. The Morgan fingerprint density at radius 3 is 0.846 bits per heavy atom. The Hall–Kier alpha value is -8.88. The number of rotatable bonds is 4. The Labute approximate surface area is 459 Å². The van der Waals surface area contributed by atoms with Crippen LogP contribution in [0, 0.1) is 0 Å². The molecule has 0 aromatic heterocycles. The fourth-order valence-electron chi connectivity index (χ4n) is 14.2. The normalized spacial score (nSPS) is 18.5. The molecule has 11 aromatic rings. The van der Waals surface area contributed by atoms with Crippen LogP contribution in [0.4, 0.5) is 102 Å². The van der Waals surface area contributed by atoms with Crippen LogP contribution >= 0.6 is 12.1 Å². The van der Waals surface area contributed by atoms with Gasteiger partial charge in [0.25, 0.3) is 0 Å². The summed E-state index contributed by atoms with van der Waals surface area (Å²) in [6.07, 6.45) is 0. The van der Waals surface area contributed by atoms with Crippen LogP contribution in [-0.2, 0) is 23.6 Å². The molecule has 8 aliphatic heterocycles. The first-order valence-electron chi connectivity index (χ1n) is 26.2. The van der Waals surface area contributed by atoms with Crippen molar-refractivity contribution in [2.75, 3.05) is 29.4 Å². The molecule has 2 unspecified atom stereocenters. The third-order valence-corrected chi connectivity index (χ3v) is 26.6. The minimum Gasteiger partial charge on any atom is -0.453 e. The maximum Gasteiger partial charge on any atom is 0.152 e. The predicted molar refractivity (Wildman–Crippen MR) is 328 cm³/mol. The zero-order valence-electron chi connectivity index (χ0n) is 41.2. The lowest BCUT2D eigenvalue weighted by atomic mass is 9.99. The van der Waals surface area contributed by atoms with Crippen molar-refractivity contribution in [1.82, 2.24) is 0 Å². The largest absolute Gasteiger partial charge is 0.453 e. The molecular weight excluding hydrogens is 1030 g/mol. The smallest absolute Gasteiger partial charge is 0.152 e. The second-order valence-electron chi connectivity index (χ2n) is 20.7. The Morgan fingerprint density at radius 2 is 0.500 bits per heavy atom. The molecule has 0 bridgehead atoms. The number of nitrogens with zero attached hydrogens (tertiary/aromatic N) is 6. The third-order valence-electron chi connectivity index (χ3n) is 16.9. The quantitative estimate of drug-likeness (QED) is 0.159. The molecule has 366 valence electrons. The first-order chi connectivity index (χ1) is 38.5. The molecule has 0 saturated heterocycles. The molecule has 0 saturated carbocycles. The maximum atomic E-state index is 8.05. The van der Waals surface area contributed by atoms with Gasteiger partial charge in [0.05, 0.1) is 80.3 Å². The summed E-state index contributed by atoms with van der Waals surface area (Å²) in [6.45, 7) is 0. The van der Waals surface area contributed by atoms with E-state index in [2.05, 4.69) is 260 Å².